The van der Waals surface area contributed by atoms with E-state index in [1.165, 1.54) is 0 Å². The second-order valence-corrected chi connectivity index (χ2v) is 3.64. The van der Waals surface area contributed by atoms with Crippen LogP contribution < -0.4 is 0 Å². The molecule has 1 fully saturated rings. The molecule has 72 valence electrons. The molecule has 4 heteroatoms. The second kappa shape index (κ2) is 3.30. The maximum absolute atomic E-state index is 11.7. The average molecular weight is 174 g/mol. The van der Waals surface area contributed by atoms with Gasteiger partial charge in [-0.05, 0) is 13.8 Å². The van der Waals surface area contributed by atoms with Crippen LogP contribution in [0.5, 0.6) is 0 Å². The van der Waals surface area contributed by atoms with Crippen molar-refractivity contribution < 1.29 is 9.29 Å². The molecule has 0 radical (unpaired) electrons. The molecule has 0 bridgehead atoms. The highest BCUT2D eigenvalue weighted by atomic mass is 16.6. The molecule has 12 heavy (non-hydrogen) atoms. The van der Waals surface area contributed by atoms with Crippen LogP contribution in [0.3, 0.4) is 0 Å². The van der Waals surface area contributed by atoms with E-state index < -0.39 is 0 Å². The van der Waals surface area contributed by atoms with Crippen LogP contribution in [0.4, 0.5) is 0 Å². The van der Waals surface area contributed by atoms with E-state index in [1.807, 2.05) is 13.8 Å². The summed E-state index contributed by atoms with van der Waals surface area (Å²) in [7, 11) is 0. The summed E-state index contributed by atoms with van der Waals surface area (Å²) in [6, 6.07) is 0. The molecule has 0 spiro atoms. The lowest BCUT2D eigenvalue weighted by Gasteiger charge is -2.53. The van der Waals surface area contributed by atoms with Crippen LogP contribution in [0.15, 0.2) is 0 Å². The average Bonchev–Trinajstić information content (AvgIpc) is 2.11. The smallest absolute Gasteiger partial charge is 0.129 e. The molecule has 0 saturated carbocycles. The predicted octanol–water partition coefficient (Wildman–Crippen LogP) is 0.669. The zero-order valence-electron chi connectivity index (χ0n) is 7.95. The van der Waals surface area contributed by atoms with E-state index in [1.54, 1.807) is 0 Å². The van der Waals surface area contributed by atoms with Crippen molar-refractivity contribution in [2.45, 2.75) is 13.8 Å². The monoisotopic (exact) mass is 174 g/mol. The number of hydrogen-bond acceptors (Lipinski definition) is 2. The van der Waals surface area contributed by atoms with Crippen molar-refractivity contribution in [2.24, 2.45) is 0 Å². The van der Waals surface area contributed by atoms with Gasteiger partial charge in [0.2, 0.25) is 0 Å². The lowest BCUT2D eigenvalue weighted by Crippen LogP contribution is -2.62. The Bertz CT molecular complexity index is 135. The minimum absolute atomic E-state index is 0.164. The van der Waals surface area contributed by atoms with E-state index in [0.717, 1.165) is 0 Å². The minimum Gasteiger partial charge on any atom is -0.632 e. The topological polar surface area (TPSA) is 46.1 Å². The van der Waals surface area contributed by atoms with Gasteiger partial charge in [0.05, 0.1) is 13.1 Å². The van der Waals surface area contributed by atoms with Crippen LogP contribution >= 0.6 is 0 Å². The first-order valence-corrected chi connectivity index (χ1v) is 4.68. The molecular formula is C8H18N2O2. The summed E-state index contributed by atoms with van der Waals surface area (Å²) in [5, 5.41) is 23.4. The Labute approximate surface area is 73.7 Å². The van der Waals surface area contributed by atoms with Crippen molar-refractivity contribution in [1.82, 2.24) is 0 Å². The van der Waals surface area contributed by atoms with Crippen LogP contribution in [0.1, 0.15) is 13.8 Å². The van der Waals surface area contributed by atoms with Crippen molar-refractivity contribution in [3.05, 3.63) is 10.4 Å². The van der Waals surface area contributed by atoms with Gasteiger partial charge in [0, 0.05) is 0 Å². The number of hydroxylamine groups is 6. The number of nitrogens with zero attached hydrogens (tertiary/aromatic N) is 2. The maximum Gasteiger partial charge on any atom is 0.129 e. The van der Waals surface area contributed by atoms with Gasteiger partial charge in [-0.2, -0.15) is 0 Å². The van der Waals surface area contributed by atoms with E-state index in [9.17, 15) is 10.4 Å². The van der Waals surface area contributed by atoms with Gasteiger partial charge in [-0.15, -0.1) is 0 Å². The van der Waals surface area contributed by atoms with Gasteiger partial charge in [-0.3, -0.25) is 0 Å². The molecule has 1 heterocycles. The fraction of sp³-hybridized carbons (Fsp3) is 1.00. The zero-order chi connectivity index (χ0) is 9.24. The fourth-order valence-electron chi connectivity index (χ4n) is 1.59. The van der Waals surface area contributed by atoms with Crippen molar-refractivity contribution in [1.29, 1.82) is 0 Å². The second-order valence-electron chi connectivity index (χ2n) is 3.64. The van der Waals surface area contributed by atoms with Crippen LogP contribution in [-0.2, 0) is 0 Å². The Kier molecular flexibility index (Phi) is 2.73. The number of piperazine rings is 1. The number of hydrogen-bond donors (Lipinski definition) is 0. The van der Waals surface area contributed by atoms with E-state index in [4.69, 9.17) is 0 Å². The Morgan fingerprint density at radius 3 is 1.25 bits per heavy atom. The highest BCUT2D eigenvalue weighted by Gasteiger charge is 2.29. The molecule has 0 aliphatic carbocycles. The van der Waals surface area contributed by atoms with Crippen LogP contribution in [0.2, 0.25) is 0 Å². The van der Waals surface area contributed by atoms with Gasteiger partial charge in [0.1, 0.15) is 26.2 Å². The third kappa shape index (κ3) is 1.95. The Hall–Kier alpha value is -0.160. The molecule has 0 aromatic carbocycles. The molecule has 1 saturated heterocycles. The van der Waals surface area contributed by atoms with Gasteiger partial charge in [-0.1, -0.05) is 0 Å². The largest absolute Gasteiger partial charge is 0.632 e. The SMILES string of the molecule is CC[N+]1([O-])CC[N+]([O-])(CC)CC1. The molecule has 0 unspecified atom stereocenters. The van der Waals surface area contributed by atoms with Crippen LogP contribution in [-0.4, -0.2) is 48.6 Å². The van der Waals surface area contributed by atoms with Gasteiger partial charge in [0.15, 0.2) is 0 Å². The quantitative estimate of drug-likeness (QED) is 0.456. The van der Waals surface area contributed by atoms with Crippen molar-refractivity contribution in [2.75, 3.05) is 39.3 Å². The molecule has 0 aromatic rings. The number of likely N-dealkylation sites (N-methyl/N-ethyl adjacent to an activating group) is 2. The Balaban J connectivity index is 2.49. The molecule has 1 aliphatic rings. The first kappa shape index (κ1) is 9.92. The van der Waals surface area contributed by atoms with E-state index >= 15 is 0 Å². The third-order valence-corrected chi connectivity index (χ3v) is 2.98. The van der Waals surface area contributed by atoms with Crippen molar-refractivity contribution >= 4 is 0 Å². The molecule has 1 rings (SSSR count). The van der Waals surface area contributed by atoms with Crippen molar-refractivity contribution in [3.63, 3.8) is 0 Å². The number of quaternary nitrogens is 2. The highest BCUT2D eigenvalue weighted by Crippen LogP contribution is 2.16. The Morgan fingerprint density at radius 1 is 0.833 bits per heavy atom. The molecule has 0 N–H and O–H groups in total. The lowest BCUT2D eigenvalue weighted by atomic mass is 10.3. The van der Waals surface area contributed by atoms with Gasteiger partial charge < -0.3 is 19.7 Å². The number of rotatable bonds is 2. The van der Waals surface area contributed by atoms with Crippen LogP contribution in [0.25, 0.3) is 0 Å². The van der Waals surface area contributed by atoms with E-state index in [-0.39, 0.29) is 9.29 Å². The summed E-state index contributed by atoms with van der Waals surface area (Å²) in [6.45, 7) is 6.96. The predicted molar refractivity (Wildman–Crippen MR) is 47.8 cm³/mol. The molecule has 1 aliphatic heterocycles. The van der Waals surface area contributed by atoms with Gasteiger partial charge in [-0.25, -0.2) is 0 Å². The molecular weight excluding hydrogens is 156 g/mol. The van der Waals surface area contributed by atoms with Gasteiger partial charge >= 0.3 is 0 Å². The summed E-state index contributed by atoms with van der Waals surface area (Å²) in [5.41, 5.74) is 0. The summed E-state index contributed by atoms with van der Waals surface area (Å²) in [6.07, 6.45) is 0. The van der Waals surface area contributed by atoms with E-state index in [0.29, 0.717) is 39.3 Å². The molecule has 4 nitrogen and oxygen atoms in total. The summed E-state index contributed by atoms with van der Waals surface area (Å²) in [4.78, 5) is 0. The molecule has 0 aromatic heterocycles. The summed E-state index contributed by atoms with van der Waals surface area (Å²) < 4.78 is -0.329. The van der Waals surface area contributed by atoms with E-state index in [2.05, 4.69) is 0 Å². The fourth-order valence-corrected chi connectivity index (χ4v) is 1.59. The van der Waals surface area contributed by atoms with Crippen LogP contribution in [0, 0.1) is 10.4 Å². The Morgan fingerprint density at radius 2 is 1.08 bits per heavy atom. The summed E-state index contributed by atoms with van der Waals surface area (Å²) in [5.74, 6) is 0. The standard InChI is InChI=1S/C8H18N2O2/c1-3-9(11)5-7-10(12,4-2)8-6-9/h3-8H2,1-2H3. The lowest BCUT2D eigenvalue weighted by molar-refractivity contribution is -0.987. The van der Waals surface area contributed by atoms with Crippen molar-refractivity contribution in [3.8, 4) is 0 Å². The zero-order valence-corrected chi connectivity index (χ0v) is 7.95. The normalized spacial score (nSPS) is 43.0. The first-order chi connectivity index (χ1) is 5.54. The first-order valence-electron chi connectivity index (χ1n) is 4.68. The third-order valence-electron chi connectivity index (χ3n) is 2.98. The highest BCUT2D eigenvalue weighted by molar-refractivity contribution is 4.53. The summed E-state index contributed by atoms with van der Waals surface area (Å²) >= 11 is 0. The maximum atomic E-state index is 11.7. The molecule has 0 atom stereocenters. The minimum atomic E-state index is -0.164. The van der Waals surface area contributed by atoms with Gasteiger partial charge in [0.25, 0.3) is 0 Å². The molecule has 0 amide bonds.